The van der Waals surface area contributed by atoms with Crippen molar-refractivity contribution in [3.05, 3.63) is 32.9 Å². The van der Waals surface area contributed by atoms with E-state index < -0.39 is 0 Å². The molecule has 1 nitrogen and oxygen atoms in total. The van der Waals surface area contributed by atoms with Crippen molar-refractivity contribution in [3.63, 3.8) is 0 Å². The first kappa shape index (κ1) is 11.0. The highest BCUT2D eigenvalue weighted by Crippen LogP contribution is 2.21. The summed E-state index contributed by atoms with van der Waals surface area (Å²) < 4.78 is 1.20. The minimum absolute atomic E-state index is 0.962. The second-order valence-corrected chi connectivity index (χ2v) is 5.64. The summed E-state index contributed by atoms with van der Waals surface area (Å²) in [5.74, 6) is 0. The zero-order chi connectivity index (χ0) is 9.68. The van der Waals surface area contributed by atoms with E-state index in [1.807, 2.05) is 0 Å². The van der Waals surface area contributed by atoms with E-state index >= 15 is 0 Å². The molecule has 0 atom stereocenters. The summed E-state index contributed by atoms with van der Waals surface area (Å²) >= 11 is 5.22. The Bertz CT molecular complexity index is 280. The zero-order valence-electron chi connectivity index (χ0n) is 7.77. The van der Waals surface area contributed by atoms with E-state index in [1.54, 1.807) is 11.3 Å². The van der Waals surface area contributed by atoms with E-state index in [1.165, 1.54) is 14.2 Å². The lowest BCUT2D eigenvalue weighted by atomic mass is 10.2. The van der Waals surface area contributed by atoms with Gasteiger partial charge in [0.2, 0.25) is 0 Å². The second-order valence-electron chi connectivity index (χ2n) is 3.09. The topological polar surface area (TPSA) is 12.0 Å². The number of halogens is 1. The van der Waals surface area contributed by atoms with Crippen molar-refractivity contribution in [2.24, 2.45) is 0 Å². The molecule has 1 N–H and O–H groups in total. The van der Waals surface area contributed by atoms with Crippen molar-refractivity contribution in [1.29, 1.82) is 0 Å². The summed E-state index contributed by atoms with van der Waals surface area (Å²) in [6.07, 6.45) is 1.06. The van der Waals surface area contributed by atoms with Gasteiger partial charge in [0.05, 0.1) is 3.79 Å². The first-order valence-corrected chi connectivity index (χ1v) is 5.89. The summed E-state index contributed by atoms with van der Waals surface area (Å²) in [4.78, 5) is 1.37. The Hall–Kier alpha value is -0.120. The predicted molar refractivity (Wildman–Crippen MR) is 63.2 cm³/mol. The Morgan fingerprint density at radius 1 is 1.62 bits per heavy atom. The number of rotatable bonds is 5. The van der Waals surface area contributed by atoms with Gasteiger partial charge in [-0.15, -0.1) is 17.9 Å². The fraction of sp³-hybridized carbons (Fsp3) is 0.400. The molecule has 1 aromatic heterocycles. The van der Waals surface area contributed by atoms with Gasteiger partial charge in [0.1, 0.15) is 0 Å². The molecule has 0 aliphatic carbocycles. The third-order valence-corrected chi connectivity index (χ3v) is 3.28. The lowest BCUT2D eigenvalue weighted by Crippen LogP contribution is -2.13. The van der Waals surface area contributed by atoms with E-state index in [-0.39, 0.29) is 0 Å². The standard InChI is InChI=1S/C10H14BrNS/c1-8(2)5-6-12-7-9-3-4-10(11)13-9/h3-4,12H,1,5-7H2,2H3. The van der Waals surface area contributed by atoms with Crippen LogP contribution < -0.4 is 5.32 Å². The molecule has 0 bridgehead atoms. The van der Waals surface area contributed by atoms with E-state index in [4.69, 9.17) is 0 Å². The molecule has 0 spiro atoms. The Balaban J connectivity index is 2.16. The largest absolute Gasteiger partial charge is 0.312 e. The molecule has 1 rings (SSSR count). The normalized spacial score (nSPS) is 10.3. The van der Waals surface area contributed by atoms with Gasteiger partial charge in [-0.3, -0.25) is 0 Å². The van der Waals surface area contributed by atoms with Gasteiger partial charge in [-0.05, 0) is 48.0 Å². The van der Waals surface area contributed by atoms with E-state index in [2.05, 4.69) is 46.9 Å². The highest BCUT2D eigenvalue weighted by Gasteiger charge is 1.96. The fourth-order valence-corrected chi connectivity index (χ4v) is 2.41. The van der Waals surface area contributed by atoms with Crippen LogP contribution in [0.3, 0.4) is 0 Å². The highest BCUT2D eigenvalue weighted by molar-refractivity contribution is 9.11. The summed E-state index contributed by atoms with van der Waals surface area (Å²) in [6.45, 7) is 7.90. The van der Waals surface area contributed by atoms with Crippen LogP contribution in [0.4, 0.5) is 0 Å². The number of hydrogen-bond donors (Lipinski definition) is 1. The van der Waals surface area contributed by atoms with Crippen molar-refractivity contribution < 1.29 is 0 Å². The molecule has 72 valence electrons. The van der Waals surface area contributed by atoms with Gasteiger partial charge in [0, 0.05) is 11.4 Å². The van der Waals surface area contributed by atoms with Gasteiger partial charge in [-0.2, -0.15) is 0 Å². The maximum atomic E-state index is 3.86. The maximum Gasteiger partial charge on any atom is 0.0701 e. The average Bonchev–Trinajstić information content (AvgIpc) is 2.45. The molecule has 13 heavy (non-hydrogen) atoms. The SMILES string of the molecule is C=C(C)CCNCc1ccc(Br)s1. The summed E-state index contributed by atoms with van der Waals surface area (Å²) in [7, 11) is 0. The smallest absolute Gasteiger partial charge is 0.0701 e. The molecular weight excluding hydrogens is 246 g/mol. The molecule has 3 heteroatoms. The van der Waals surface area contributed by atoms with Crippen LogP contribution in [-0.4, -0.2) is 6.54 Å². The first-order valence-electron chi connectivity index (χ1n) is 4.28. The summed E-state index contributed by atoms with van der Waals surface area (Å²) in [6, 6.07) is 4.23. The Morgan fingerprint density at radius 3 is 2.92 bits per heavy atom. The number of hydrogen-bond acceptors (Lipinski definition) is 2. The predicted octanol–water partition coefficient (Wildman–Crippen LogP) is 3.57. The van der Waals surface area contributed by atoms with Gasteiger partial charge in [0.25, 0.3) is 0 Å². The Morgan fingerprint density at radius 2 is 2.38 bits per heavy atom. The van der Waals surface area contributed by atoms with Crippen LogP contribution in [0.2, 0.25) is 0 Å². The van der Waals surface area contributed by atoms with E-state index in [9.17, 15) is 0 Å². The van der Waals surface area contributed by atoms with Gasteiger partial charge in [0.15, 0.2) is 0 Å². The van der Waals surface area contributed by atoms with Gasteiger partial charge < -0.3 is 5.32 Å². The molecule has 0 aromatic carbocycles. The quantitative estimate of drug-likeness (QED) is 0.630. The molecule has 0 amide bonds. The molecule has 1 aromatic rings. The van der Waals surface area contributed by atoms with Crippen LogP contribution in [0.25, 0.3) is 0 Å². The minimum Gasteiger partial charge on any atom is -0.312 e. The van der Waals surface area contributed by atoms with Crippen LogP contribution in [0.1, 0.15) is 18.2 Å². The van der Waals surface area contributed by atoms with E-state index in [0.717, 1.165) is 19.5 Å². The van der Waals surface area contributed by atoms with Crippen molar-refractivity contribution in [1.82, 2.24) is 5.32 Å². The van der Waals surface area contributed by atoms with Crippen molar-refractivity contribution >= 4 is 27.3 Å². The monoisotopic (exact) mass is 259 g/mol. The minimum atomic E-state index is 0.962. The molecule has 1 heterocycles. The average molecular weight is 260 g/mol. The van der Waals surface area contributed by atoms with Crippen molar-refractivity contribution in [2.45, 2.75) is 19.9 Å². The van der Waals surface area contributed by atoms with Crippen LogP contribution >= 0.6 is 27.3 Å². The van der Waals surface area contributed by atoms with Gasteiger partial charge in [-0.1, -0.05) is 5.57 Å². The number of thiophene rings is 1. The zero-order valence-corrected chi connectivity index (χ0v) is 10.2. The van der Waals surface area contributed by atoms with Gasteiger partial charge >= 0.3 is 0 Å². The van der Waals surface area contributed by atoms with Crippen LogP contribution in [0.5, 0.6) is 0 Å². The van der Waals surface area contributed by atoms with Gasteiger partial charge in [-0.25, -0.2) is 0 Å². The molecule has 0 fully saturated rings. The Kier molecular flexibility index (Phi) is 4.70. The molecule has 0 aliphatic rings. The Labute approximate surface area is 92.0 Å². The summed E-state index contributed by atoms with van der Waals surface area (Å²) in [5.41, 5.74) is 1.24. The van der Waals surface area contributed by atoms with Crippen molar-refractivity contribution in [2.75, 3.05) is 6.54 Å². The first-order chi connectivity index (χ1) is 6.18. The maximum absolute atomic E-state index is 3.86. The third-order valence-electron chi connectivity index (χ3n) is 1.66. The molecule has 0 unspecified atom stereocenters. The van der Waals surface area contributed by atoms with Crippen LogP contribution in [-0.2, 0) is 6.54 Å². The lowest BCUT2D eigenvalue weighted by Gasteiger charge is -2.01. The molecule has 0 aliphatic heterocycles. The molecule has 0 saturated carbocycles. The van der Waals surface area contributed by atoms with Crippen LogP contribution in [0.15, 0.2) is 28.1 Å². The lowest BCUT2D eigenvalue weighted by molar-refractivity contribution is 0.691. The highest BCUT2D eigenvalue weighted by atomic mass is 79.9. The fourth-order valence-electron chi connectivity index (χ4n) is 0.960. The van der Waals surface area contributed by atoms with Crippen LogP contribution in [0, 0.1) is 0 Å². The third kappa shape index (κ3) is 4.60. The van der Waals surface area contributed by atoms with E-state index in [0.29, 0.717) is 0 Å². The number of nitrogens with one attached hydrogen (secondary N) is 1. The molecular formula is C10H14BrNS. The summed E-state index contributed by atoms with van der Waals surface area (Å²) in [5, 5.41) is 3.38. The van der Waals surface area contributed by atoms with Crippen molar-refractivity contribution in [3.8, 4) is 0 Å². The molecule has 0 radical (unpaired) electrons. The molecule has 0 saturated heterocycles. The second kappa shape index (κ2) is 5.58.